The van der Waals surface area contributed by atoms with E-state index in [0.717, 1.165) is 6.54 Å². The maximum atomic E-state index is 3.56. The standard InChI is InChI=1S/C14H22N2/c1-12-14(9-6-10-15-12)16(2)11-13-7-4-3-5-8-13/h3-5,7-8,12,14-15H,6,9-11H2,1-2H3. The van der Waals surface area contributed by atoms with Crippen LogP contribution in [0.1, 0.15) is 25.3 Å². The van der Waals surface area contributed by atoms with Crippen LogP contribution in [0.2, 0.25) is 0 Å². The van der Waals surface area contributed by atoms with Crippen molar-refractivity contribution in [3.8, 4) is 0 Å². The number of nitrogens with zero attached hydrogens (tertiary/aromatic N) is 1. The van der Waals surface area contributed by atoms with Gasteiger partial charge in [-0.3, -0.25) is 4.90 Å². The molecule has 2 atom stereocenters. The molecule has 1 N–H and O–H groups in total. The zero-order chi connectivity index (χ0) is 11.4. The molecule has 16 heavy (non-hydrogen) atoms. The van der Waals surface area contributed by atoms with Crippen molar-refractivity contribution in [3.05, 3.63) is 35.9 Å². The Labute approximate surface area is 98.7 Å². The lowest BCUT2D eigenvalue weighted by Crippen LogP contribution is -2.50. The summed E-state index contributed by atoms with van der Waals surface area (Å²) < 4.78 is 0. The Hall–Kier alpha value is -0.860. The second kappa shape index (κ2) is 5.46. The molecular weight excluding hydrogens is 196 g/mol. The molecule has 0 saturated carbocycles. The Bertz CT molecular complexity index is 310. The summed E-state index contributed by atoms with van der Waals surface area (Å²) in [5.41, 5.74) is 1.41. The third-order valence-electron chi connectivity index (χ3n) is 3.56. The summed E-state index contributed by atoms with van der Waals surface area (Å²) in [5, 5.41) is 3.56. The minimum absolute atomic E-state index is 0.613. The van der Waals surface area contributed by atoms with E-state index in [1.54, 1.807) is 0 Å². The molecule has 2 nitrogen and oxygen atoms in total. The highest BCUT2D eigenvalue weighted by Gasteiger charge is 2.24. The molecule has 88 valence electrons. The zero-order valence-electron chi connectivity index (χ0n) is 10.3. The van der Waals surface area contributed by atoms with Crippen molar-refractivity contribution >= 4 is 0 Å². The molecule has 1 heterocycles. The smallest absolute Gasteiger partial charge is 0.0247 e. The number of nitrogens with one attached hydrogen (secondary N) is 1. The lowest BCUT2D eigenvalue weighted by molar-refractivity contribution is 0.157. The molecule has 2 rings (SSSR count). The first-order valence-electron chi connectivity index (χ1n) is 6.25. The Morgan fingerprint density at radius 2 is 2.06 bits per heavy atom. The molecule has 1 aliphatic heterocycles. The van der Waals surface area contributed by atoms with Crippen LogP contribution in [0.3, 0.4) is 0 Å². The molecule has 1 aromatic carbocycles. The predicted octanol–water partition coefficient (Wildman–Crippen LogP) is 2.26. The fourth-order valence-corrected chi connectivity index (χ4v) is 2.62. The fraction of sp³-hybridized carbons (Fsp3) is 0.571. The maximum Gasteiger partial charge on any atom is 0.0247 e. The van der Waals surface area contributed by atoms with Crippen LogP contribution < -0.4 is 5.32 Å². The SMILES string of the molecule is CC1NCCCC1N(C)Cc1ccccc1. The van der Waals surface area contributed by atoms with Crippen LogP contribution in [0.5, 0.6) is 0 Å². The van der Waals surface area contributed by atoms with Crippen LogP contribution in [0.15, 0.2) is 30.3 Å². The second-order valence-electron chi connectivity index (χ2n) is 4.85. The first kappa shape index (κ1) is 11.6. The molecule has 1 saturated heterocycles. The number of hydrogen-bond acceptors (Lipinski definition) is 2. The third kappa shape index (κ3) is 2.83. The number of hydrogen-bond donors (Lipinski definition) is 1. The highest BCUT2D eigenvalue weighted by atomic mass is 15.2. The van der Waals surface area contributed by atoms with Crippen molar-refractivity contribution in [2.75, 3.05) is 13.6 Å². The van der Waals surface area contributed by atoms with E-state index in [1.807, 2.05) is 0 Å². The molecule has 1 aliphatic rings. The monoisotopic (exact) mass is 218 g/mol. The van der Waals surface area contributed by atoms with Crippen LogP contribution in [-0.4, -0.2) is 30.6 Å². The molecule has 0 bridgehead atoms. The molecule has 0 amide bonds. The Morgan fingerprint density at radius 1 is 1.31 bits per heavy atom. The van der Waals surface area contributed by atoms with Gasteiger partial charge in [-0.05, 0) is 38.9 Å². The molecule has 1 aromatic rings. The average Bonchev–Trinajstić information content (AvgIpc) is 2.31. The fourth-order valence-electron chi connectivity index (χ4n) is 2.62. The molecule has 2 unspecified atom stereocenters. The van der Waals surface area contributed by atoms with Crippen LogP contribution in [0.25, 0.3) is 0 Å². The molecule has 1 fully saturated rings. The van der Waals surface area contributed by atoms with Gasteiger partial charge < -0.3 is 5.32 Å². The first-order chi connectivity index (χ1) is 7.77. The lowest BCUT2D eigenvalue weighted by Gasteiger charge is -2.37. The van der Waals surface area contributed by atoms with Gasteiger partial charge in [0.05, 0.1) is 0 Å². The van der Waals surface area contributed by atoms with Gasteiger partial charge in [-0.2, -0.15) is 0 Å². The normalized spacial score (nSPS) is 25.9. The molecular formula is C14H22N2. The van der Waals surface area contributed by atoms with Gasteiger partial charge in [0.25, 0.3) is 0 Å². The maximum absolute atomic E-state index is 3.56. The van der Waals surface area contributed by atoms with Crippen molar-refractivity contribution in [1.29, 1.82) is 0 Å². The number of benzene rings is 1. The van der Waals surface area contributed by atoms with Gasteiger partial charge in [-0.1, -0.05) is 30.3 Å². The van der Waals surface area contributed by atoms with E-state index >= 15 is 0 Å². The topological polar surface area (TPSA) is 15.3 Å². The summed E-state index contributed by atoms with van der Waals surface area (Å²) >= 11 is 0. The number of piperidine rings is 1. The first-order valence-corrected chi connectivity index (χ1v) is 6.25. The summed E-state index contributed by atoms with van der Waals surface area (Å²) in [6, 6.07) is 12.0. The van der Waals surface area contributed by atoms with Gasteiger partial charge in [-0.15, -0.1) is 0 Å². The van der Waals surface area contributed by atoms with Crippen LogP contribution >= 0.6 is 0 Å². The summed E-state index contributed by atoms with van der Waals surface area (Å²) in [7, 11) is 2.24. The van der Waals surface area contributed by atoms with Crippen LogP contribution in [-0.2, 0) is 6.54 Å². The Balaban J connectivity index is 1.94. The zero-order valence-corrected chi connectivity index (χ0v) is 10.3. The summed E-state index contributed by atoms with van der Waals surface area (Å²) in [6.07, 6.45) is 2.62. The number of rotatable bonds is 3. The van der Waals surface area contributed by atoms with E-state index in [9.17, 15) is 0 Å². The Kier molecular flexibility index (Phi) is 3.97. The highest BCUT2D eigenvalue weighted by Crippen LogP contribution is 2.16. The molecule has 2 heteroatoms. The van der Waals surface area contributed by atoms with Gasteiger partial charge in [0.2, 0.25) is 0 Å². The number of likely N-dealkylation sites (N-methyl/N-ethyl adjacent to an activating group) is 1. The lowest BCUT2D eigenvalue weighted by atomic mass is 9.98. The van der Waals surface area contributed by atoms with Crippen LogP contribution in [0.4, 0.5) is 0 Å². The van der Waals surface area contributed by atoms with Gasteiger partial charge in [0.1, 0.15) is 0 Å². The Morgan fingerprint density at radius 3 is 2.75 bits per heavy atom. The van der Waals surface area contributed by atoms with Crippen LogP contribution in [0, 0.1) is 0 Å². The van der Waals surface area contributed by atoms with E-state index in [0.29, 0.717) is 12.1 Å². The van der Waals surface area contributed by atoms with Crippen molar-refractivity contribution in [3.63, 3.8) is 0 Å². The van der Waals surface area contributed by atoms with E-state index in [4.69, 9.17) is 0 Å². The highest BCUT2D eigenvalue weighted by molar-refractivity contribution is 5.14. The quantitative estimate of drug-likeness (QED) is 0.837. The third-order valence-corrected chi connectivity index (χ3v) is 3.56. The average molecular weight is 218 g/mol. The minimum atomic E-state index is 0.613. The molecule has 0 aliphatic carbocycles. The van der Waals surface area contributed by atoms with E-state index in [-0.39, 0.29) is 0 Å². The van der Waals surface area contributed by atoms with Gasteiger partial charge >= 0.3 is 0 Å². The van der Waals surface area contributed by atoms with Gasteiger partial charge in [-0.25, -0.2) is 0 Å². The van der Waals surface area contributed by atoms with Crippen molar-refractivity contribution in [1.82, 2.24) is 10.2 Å². The van der Waals surface area contributed by atoms with Crippen molar-refractivity contribution in [2.45, 2.75) is 38.4 Å². The second-order valence-corrected chi connectivity index (χ2v) is 4.85. The largest absolute Gasteiger partial charge is 0.313 e. The molecule has 0 spiro atoms. The summed E-state index contributed by atoms with van der Waals surface area (Å²) in [6.45, 7) is 4.53. The van der Waals surface area contributed by atoms with Gasteiger partial charge in [0.15, 0.2) is 0 Å². The molecule has 0 aromatic heterocycles. The summed E-state index contributed by atoms with van der Waals surface area (Å²) in [4.78, 5) is 2.48. The van der Waals surface area contributed by atoms with Crippen molar-refractivity contribution < 1.29 is 0 Å². The van der Waals surface area contributed by atoms with E-state index in [2.05, 4.69) is 54.5 Å². The molecule has 0 radical (unpaired) electrons. The van der Waals surface area contributed by atoms with Crippen molar-refractivity contribution in [2.24, 2.45) is 0 Å². The predicted molar refractivity (Wildman–Crippen MR) is 68.4 cm³/mol. The van der Waals surface area contributed by atoms with E-state index in [1.165, 1.54) is 24.9 Å². The van der Waals surface area contributed by atoms with E-state index < -0.39 is 0 Å². The van der Waals surface area contributed by atoms with Gasteiger partial charge in [0, 0.05) is 18.6 Å². The minimum Gasteiger partial charge on any atom is -0.313 e. The summed E-state index contributed by atoms with van der Waals surface area (Å²) in [5.74, 6) is 0.